The van der Waals surface area contributed by atoms with Crippen LogP contribution in [-0.2, 0) is 4.79 Å². The minimum atomic E-state index is -0.242. The smallest absolute Gasteiger partial charge is 0.319 e. The lowest BCUT2D eigenvalue weighted by molar-refractivity contribution is -0.132. The van der Waals surface area contributed by atoms with E-state index >= 15 is 0 Å². The van der Waals surface area contributed by atoms with Gasteiger partial charge in [-0.25, -0.2) is 4.79 Å². The number of carbonyl (C=O) groups excluding carboxylic acids is 3. The van der Waals surface area contributed by atoms with E-state index in [1.165, 1.54) is 0 Å². The van der Waals surface area contributed by atoms with Crippen LogP contribution in [0.5, 0.6) is 0 Å². The second kappa shape index (κ2) is 10.5. The molecule has 2 aromatic carbocycles. The van der Waals surface area contributed by atoms with Crippen LogP contribution in [0.4, 0.5) is 10.5 Å². The van der Waals surface area contributed by atoms with Crippen molar-refractivity contribution < 1.29 is 14.4 Å². The van der Waals surface area contributed by atoms with Crippen LogP contribution in [0.15, 0.2) is 54.7 Å². The molecule has 34 heavy (non-hydrogen) atoms. The van der Waals surface area contributed by atoms with Crippen molar-refractivity contribution in [3.63, 3.8) is 0 Å². The third-order valence-corrected chi connectivity index (χ3v) is 6.39. The predicted octanol–water partition coefficient (Wildman–Crippen LogP) is 4.87. The quantitative estimate of drug-likeness (QED) is 0.515. The molecule has 0 saturated carbocycles. The molecule has 2 N–H and O–H groups in total. The summed E-state index contributed by atoms with van der Waals surface area (Å²) in [5.74, 6) is 0.626. The normalized spacial score (nSPS) is 14.1. The first kappa shape index (κ1) is 23.4. The molecule has 4 rings (SSSR count). The number of rotatable bonds is 6. The summed E-state index contributed by atoms with van der Waals surface area (Å²) < 4.78 is 0. The zero-order valence-electron chi connectivity index (χ0n) is 19.6. The van der Waals surface area contributed by atoms with Crippen molar-refractivity contribution in [2.45, 2.75) is 33.1 Å². The predicted molar refractivity (Wildman–Crippen MR) is 134 cm³/mol. The maximum absolute atomic E-state index is 12.4. The molecule has 7 heteroatoms. The minimum absolute atomic E-state index is 0.0427. The lowest BCUT2D eigenvalue weighted by Gasteiger charge is -2.31. The van der Waals surface area contributed by atoms with E-state index in [9.17, 15) is 14.4 Å². The molecule has 2 heterocycles. The molecule has 1 aliphatic rings. The summed E-state index contributed by atoms with van der Waals surface area (Å²) in [5, 5.41) is 6.80. The number of fused-ring (bicyclic) bond motifs is 1. The number of nitrogens with one attached hydrogen (secondary N) is 2. The molecule has 0 aliphatic carbocycles. The number of hydrogen-bond donors (Lipinski definition) is 2. The van der Waals surface area contributed by atoms with Gasteiger partial charge in [-0.2, -0.15) is 0 Å². The first-order valence-corrected chi connectivity index (χ1v) is 11.8. The highest BCUT2D eigenvalue weighted by Gasteiger charge is 2.22. The van der Waals surface area contributed by atoms with Crippen LogP contribution in [0.2, 0.25) is 0 Å². The van der Waals surface area contributed by atoms with Crippen molar-refractivity contribution in [1.29, 1.82) is 0 Å². The fraction of sp³-hybridized carbons (Fsp3) is 0.333. The number of urea groups is 1. The Bertz CT molecular complexity index is 1200. The fourth-order valence-corrected chi connectivity index (χ4v) is 4.28. The largest absolute Gasteiger partial charge is 0.343 e. The number of likely N-dealkylation sites (tertiary alicyclic amines) is 1. The number of aromatic nitrogens is 1. The number of anilines is 1. The molecule has 1 fully saturated rings. The van der Waals surface area contributed by atoms with E-state index in [-0.39, 0.29) is 17.7 Å². The molecule has 0 spiro atoms. The zero-order valence-corrected chi connectivity index (χ0v) is 19.6. The van der Waals surface area contributed by atoms with E-state index in [4.69, 9.17) is 0 Å². The second-order valence-electron chi connectivity index (χ2n) is 8.78. The number of ketones is 1. The van der Waals surface area contributed by atoms with E-state index < -0.39 is 0 Å². The highest BCUT2D eigenvalue weighted by atomic mass is 16.2. The molecule has 176 valence electrons. The molecule has 0 bridgehead atoms. The van der Waals surface area contributed by atoms with Gasteiger partial charge in [0.15, 0.2) is 5.78 Å². The van der Waals surface area contributed by atoms with Gasteiger partial charge in [0.05, 0.1) is 5.52 Å². The van der Waals surface area contributed by atoms with Crippen LogP contribution in [-0.4, -0.2) is 47.2 Å². The summed E-state index contributed by atoms with van der Waals surface area (Å²) in [5.41, 5.74) is 4.11. The van der Waals surface area contributed by atoms with E-state index in [0.29, 0.717) is 30.1 Å². The molecule has 3 aromatic rings. The van der Waals surface area contributed by atoms with Crippen molar-refractivity contribution in [3.8, 4) is 11.1 Å². The van der Waals surface area contributed by atoms with E-state index in [1.54, 1.807) is 13.1 Å². The summed E-state index contributed by atoms with van der Waals surface area (Å²) in [4.78, 5) is 42.1. The monoisotopic (exact) mass is 458 g/mol. The molecule has 1 saturated heterocycles. The Kier molecular flexibility index (Phi) is 7.21. The minimum Gasteiger partial charge on any atom is -0.343 e. The molecule has 0 unspecified atom stereocenters. The highest BCUT2D eigenvalue weighted by molar-refractivity contribution is 5.95. The SMILES string of the molecule is CCC(=O)N1CCC(CNC(=O)Nc2ccc3cc(-c4ccc(C(C)=O)cc4)cnc3c2)CC1. The summed E-state index contributed by atoms with van der Waals surface area (Å²) >= 11 is 0. The van der Waals surface area contributed by atoms with Gasteiger partial charge in [-0.15, -0.1) is 0 Å². The van der Waals surface area contributed by atoms with Gasteiger partial charge < -0.3 is 15.5 Å². The zero-order chi connectivity index (χ0) is 24.1. The Hall–Kier alpha value is -3.74. The molecule has 0 radical (unpaired) electrons. The maximum Gasteiger partial charge on any atom is 0.319 e. The Morgan fingerprint density at radius 3 is 2.41 bits per heavy atom. The number of piperidine rings is 1. The average Bonchev–Trinajstić information content (AvgIpc) is 2.87. The first-order chi connectivity index (χ1) is 16.4. The summed E-state index contributed by atoms with van der Waals surface area (Å²) in [6, 6.07) is 14.9. The van der Waals surface area contributed by atoms with Crippen LogP contribution in [0.3, 0.4) is 0 Å². The van der Waals surface area contributed by atoms with Gasteiger partial charge >= 0.3 is 6.03 Å². The summed E-state index contributed by atoms with van der Waals surface area (Å²) in [7, 11) is 0. The van der Waals surface area contributed by atoms with Crippen molar-refractivity contribution in [2.75, 3.05) is 25.0 Å². The number of carbonyl (C=O) groups is 3. The van der Waals surface area contributed by atoms with E-state index in [2.05, 4.69) is 15.6 Å². The molecular formula is C27H30N4O3. The van der Waals surface area contributed by atoms with Crippen molar-refractivity contribution in [2.24, 2.45) is 5.92 Å². The lowest BCUT2D eigenvalue weighted by Crippen LogP contribution is -2.42. The number of nitrogens with zero attached hydrogens (tertiary/aromatic N) is 2. The van der Waals surface area contributed by atoms with Crippen LogP contribution >= 0.6 is 0 Å². The van der Waals surface area contributed by atoms with Gasteiger partial charge in [0.25, 0.3) is 0 Å². The van der Waals surface area contributed by atoms with Crippen LogP contribution in [0, 0.1) is 5.92 Å². The van der Waals surface area contributed by atoms with Crippen molar-refractivity contribution in [1.82, 2.24) is 15.2 Å². The number of amides is 3. The van der Waals surface area contributed by atoms with Gasteiger partial charge in [0, 0.05) is 54.5 Å². The number of benzene rings is 2. The average molecular weight is 459 g/mol. The van der Waals surface area contributed by atoms with Crippen molar-refractivity contribution in [3.05, 3.63) is 60.3 Å². The van der Waals surface area contributed by atoms with E-state index in [1.807, 2.05) is 60.4 Å². The number of hydrogen-bond acceptors (Lipinski definition) is 4. The molecule has 3 amide bonds. The molecule has 7 nitrogen and oxygen atoms in total. The van der Waals surface area contributed by atoms with Gasteiger partial charge in [0.1, 0.15) is 0 Å². The molecule has 1 aliphatic heterocycles. The molecule has 0 atom stereocenters. The lowest BCUT2D eigenvalue weighted by atomic mass is 9.96. The molecule has 1 aromatic heterocycles. The molecular weight excluding hydrogens is 428 g/mol. The third-order valence-electron chi connectivity index (χ3n) is 6.39. The van der Waals surface area contributed by atoms with Gasteiger partial charge in [-0.05, 0) is 49.4 Å². The Balaban J connectivity index is 1.33. The number of pyridine rings is 1. The van der Waals surface area contributed by atoms with Crippen LogP contribution in [0.1, 0.15) is 43.5 Å². The maximum atomic E-state index is 12.4. The Labute approximate surface area is 199 Å². The van der Waals surface area contributed by atoms with Gasteiger partial charge in [-0.1, -0.05) is 37.3 Å². The first-order valence-electron chi connectivity index (χ1n) is 11.8. The van der Waals surface area contributed by atoms with Crippen LogP contribution in [0.25, 0.3) is 22.0 Å². The van der Waals surface area contributed by atoms with E-state index in [0.717, 1.165) is 48.0 Å². The topological polar surface area (TPSA) is 91.4 Å². The summed E-state index contributed by atoms with van der Waals surface area (Å²) in [6.45, 7) is 5.56. The third kappa shape index (κ3) is 5.60. The Morgan fingerprint density at radius 1 is 1.00 bits per heavy atom. The van der Waals surface area contributed by atoms with Crippen LogP contribution < -0.4 is 10.6 Å². The summed E-state index contributed by atoms with van der Waals surface area (Å²) in [6.07, 6.45) is 4.16. The van der Waals surface area contributed by atoms with Gasteiger partial charge in [-0.3, -0.25) is 14.6 Å². The fourth-order valence-electron chi connectivity index (χ4n) is 4.28. The highest BCUT2D eigenvalue weighted by Crippen LogP contribution is 2.25. The van der Waals surface area contributed by atoms with Gasteiger partial charge in [0.2, 0.25) is 5.91 Å². The number of Topliss-reactive ketones (excluding diaryl/α,β-unsaturated/α-hetero) is 1. The van der Waals surface area contributed by atoms with Crippen molar-refractivity contribution >= 4 is 34.3 Å². The standard InChI is InChI=1S/C27H30N4O3/c1-3-26(33)31-12-10-19(11-13-31)16-29-27(34)30-24-9-8-22-14-23(17-28-25(22)15-24)21-6-4-20(5-7-21)18(2)32/h4-9,14-15,17,19H,3,10-13,16H2,1-2H3,(H2,29,30,34). The second-order valence-corrected chi connectivity index (χ2v) is 8.78. The Morgan fingerprint density at radius 2 is 1.74 bits per heavy atom.